The third-order valence-electron chi connectivity index (χ3n) is 4.60. The molecule has 0 saturated carbocycles. The molecule has 0 bridgehead atoms. The molecule has 0 spiro atoms. The Morgan fingerprint density at radius 1 is 1.48 bits per heavy atom. The fraction of sp³-hybridized carbons (Fsp3) is 0.733. The largest absolute Gasteiger partial charge is 0.388 e. The molecule has 1 aromatic rings. The highest BCUT2D eigenvalue weighted by atomic mass is 16.3. The molecule has 1 aliphatic rings. The second-order valence-electron chi connectivity index (χ2n) is 6.24. The Hall–Kier alpha value is -1.40. The Balaban J connectivity index is 1.94. The minimum absolute atomic E-state index is 0.0206. The molecule has 0 aromatic carbocycles. The molecule has 0 unspecified atom stereocenters. The van der Waals surface area contributed by atoms with E-state index < -0.39 is 11.7 Å². The third kappa shape index (κ3) is 3.27. The van der Waals surface area contributed by atoms with E-state index in [9.17, 15) is 15.0 Å². The van der Waals surface area contributed by atoms with Gasteiger partial charge in [-0.1, -0.05) is 0 Å². The van der Waals surface area contributed by atoms with Gasteiger partial charge in [-0.15, -0.1) is 0 Å². The van der Waals surface area contributed by atoms with E-state index in [0.717, 1.165) is 17.0 Å². The van der Waals surface area contributed by atoms with Crippen LogP contribution in [-0.4, -0.2) is 55.6 Å². The number of carbonyl (C=O) groups excluding carboxylic acids is 1. The number of β-amino-alcohol motifs (C(OH)–C–C–N with tert-alkyl or cyclic N) is 1. The summed E-state index contributed by atoms with van der Waals surface area (Å²) in [6.07, 6.45) is 0.595. The van der Waals surface area contributed by atoms with Crippen LogP contribution in [0.25, 0.3) is 0 Å². The molecule has 2 N–H and O–H groups in total. The molecule has 1 fully saturated rings. The van der Waals surface area contributed by atoms with Crippen molar-refractivity contribution in [2.24, 2.45) is 7.05 Å². The van der Waals surface area contributed by atoms with Crippen LogP contribution in [0.3, 0.4) is 0 Å². The molecule has 21 heavy (non-hydrogen) atoms. The summed E-state index contributed by atoms with van der Waals surface area (Å²) in [6.45, 7) is 6.27. The molecule has 1 amide bonds. The second kappa shape index (κ2) is 5.77. The highest BCUT2D eigenvalue weighted by molar-refractivity contribution is 5.76. The molecule has 0 aliphatic carbocycles. The minimum Gasteiger partial charge on any atom is -0.388 e. The summed E-state index contributed by atoms with van der Waals surface area (Å²) in [5.74, 6) is 0.0206. The number of aliphatic hydroxyl groups excluding tert-OH is 1. The molecular formula is C15H25N3O3. The minimum atomic E-state index is -1.09. The molecular weight excluding hydrogens is 270 g/mol. The smallest absolute Gasteiger partial charge is 0.222 e. The molecule has 2 atom stereocenters. The first kappa shape index (κ1) is 16.0. The molecule has 1 saturated heterocycles. The van der Waals surface area contributed by atoms with E-state index >= 15 is 0 Å². The molecule has 1 aliphatic heterocycles. The average molecular weight is 295 g/mol. The van der Waals surface area contributed by atoms with Gasteiger partial charge in [-0.2, -0.15) is 5.10 Å². The van der Waals surface area contributed by atoms with Crippen molar-refractivity contribution in [1.29, 1.82) is 0 Å². The van der Waals surface area contributed by atoms with Crippen molar-refractivity contribution >= 4 is 5.91 Å². The lowest BCUT2D eigenvalue weighted by Crippen LogP contribution is -2.55. The number of nitrogens with zero attached hydrogens (tertiary/aromatic N) is 3. The summed E-state index contributed by atoms with van der Waals surface area (Å²) in [6, 6.07) is 0. The number of hydrogen-bond donors (Lipinski definition) is 2. The number of hydrogen-bond acceptors (Lipinski definition) is 4. The number of piperidine rings is 1. The van der Waals surface area contributed by atoms with Crippen molar-refractivity contribution in [2.75, 3.05) is 13.1 Å². The summed E-state index contributed by atoms with van der Waals surface area (Å²) in [7, 11) is 1.90. The van der Waals surface area contributed by atoms with E-state index in [1.54, 1.807) is 11.8 Å². The third-order valence-corrected chi connectivity index (χ3v) is 4.60. The highest BCUT2D eigenvalue weighted by Crippen LogP contribution is 2.23. The maximum atomic E-state index is 12.3. The summed E-state index contributed by atoms with van der Waals surface area (Å²) >= 11 is 0. The van der Waals surface area contributed by atoms with E-state index in [4.69, 9.17) is 0 Å². The zero-order chi connectivity index (χ0) is 15.8. The predicted octanol–water partition coefficient (Wildman–Crippen LogP) is 0.314. The van der Waals surface area contributed by atoms with Crippen LogP contribution in [0, 0.1) is 13.8 Å². The molecule has 0 radical (unpaired) electrons. The number of carbonyl (C=O) groups is 1. The normalized spacial score (nSPS) is 26.2. The SMILES string of the molecule is Cc1nn(C)c(C)c1CCC(=O)N1CC[C@@](C)(O)[C@@H](O)C1. The van der Waals surface area contributed by atoms with Gasteiger partial charge in [-0.05, 0) is 39.2 Å². The number of aliphatic hydroxyl groups is 2. The monoisotopic (exact) mass is 295 g/mol. The number of amides is 1. The van der Waals surface area contributed by atoms with E-state index in [1.165, 1.54) is 0 Å². The summed E-state index contributed by atoms with van der Waals surface area (Å²) < 4.78 is 1.83. The van der Waals surface area contributed by atoms with Crippen LogP contribution >= 0.6 is 0 Å². The number of aromatic nitrogens is 2. The lowest BCUT2D eigenvalue weighted by atomic mass is 9.90. The van der Waals surface area contributed by atoms with Crippen LogP contribution in [0.5, 0.6) is 0 Å². The van der Waals surface area contributed by atoms with Crippen molar-refractivity contribution in [3.8, 4) is 0 Å². The van der Waals surface area contributed by atoms with E-state index in [0.29, 0.717) is 25.8 Å². The van der Waals surface area contributed by atoms with Crippen molar-refractivity contribution in [2.45, 2.75) is 51.7 Å². The summed E-state index contributed by atoms with van der Waals surface area (Å²) in [5.41, 5.74) is 2.08. The van der Waals surface area contributed by atoms with Gasteiger partial charge in [0, 0.05) is 32.3 Å². The lowest BCUT2D eigenvalue weighted by molar-refractivity contribution is -0.146. The maximum Gasteiger partial charge on any atom is 0.222 e. The van der Waals surface area contributed by atoms with Gasteiger partial charge in [0.15, 0.2) is 0 Å². The second-order valence-corrected chi connectivity index (χ2v) is 6.24. The first-order valence-corrected chi connectivity index (χ1v) is 7.39. The van der Waals surface area contributed by atoms with Gasteiger partial charge in [0.25, 0.3) is 0 Å². The summed E-state index contributed by atoms with van der Waals surface area (Å²) in [5, 5.41) is 24.2. The molecule has 1 aromatic heterocycles. The van der Waals surface area contributed by atoms with Crippen LogP contribution in [0.2, 0.25) is 0 Å². The molecule has 6 nitrogen and oxygen atoms in total. The fourth-order valence-corrected chi connectivity index (χ4v) is 2.82. The van der Waals surface area contributed by atoms with E-state index in [1.807, 2.05) is 25.6 Å². The van der Waals surface area contributed by atoms with Crippen molar-refractivity contribution < 1.29 is 15.0 Å². The van der Waals surface area contributed by atoms with Gasteiger partial charge in [-0.25, -0.2) is 0 Å². The predicted molar refractivity (Wildman–Crippen MR) is 78.8 cm³/mol. The van der Waals surface area contributed by atoms with Gasteiger partial charge >= 0.3 is 0 Å². The first-order valence-electron chi connectivity index (χ1n) is 7.39. The van der Waals surface area contributed by atoms with Gasteiger partial charge in [-0.3, -0.25) is 9.48 Å². The van der Waals surface area contributed by atoms with Crippen LogP contribution in [0.15, 0.2) is 0 Å². The Morgan fingerprint density at radius 3 is 2.67 bits per heavy atom. The zero-order valence-electron chi connectivity index (χ0n) is 13.3. The van der Waals surface area contributed by atoms with Gasteiger partial charge in [0.05, 0.1) is 17.4 Å². The van der Waals surface area contributed by atoms with Gasteiger partial charge in [0.1, 0.15) is 0 Å². The standard InChI is InChI=1S/C15H25N3O3/c1-10-12(11(2)17(4)16-10)5-6-14(20)18-8-7-15(3,21)13(19)9-18/h13,19,21H,5-9H2,1-4H3/t13-,15+/m0/s1. The topological polar surface area (TPSA) is 78.6 Å². The molecule has 118 valence electrons. The quantitative estimate of drug-likeness (QED) is 0.841. The lowest BCUT2D eigenvalue weighted by Gasteiger charge is -2.40. The highest BCUT2D eigenvalue weighted by Gasteiger charge is 2.37. The number of likely N-dealkylation sites (tertiary alicyclic amines) is 1. The Bertz CT molecular complexity index is 537. The van der Waals surface area contributed by atoms with Crippen LogP contribution in [0.1, 0.15) is 36.7 Å². The number of aryl methyl sites for hydroxylation is 2. The molecule has 2 heterocycles. The fourth-order valence-electron chi connectivity index (χ4n) is 2.82. The van der Waals surface area contributed by atoms with Crippen molar-refractivity contribution in [1.82, 2.24) is 14.7 Å². The Labute approximate surface area is 125 Å². The van der Waals surface area contributed by atoms with Gasteiger partial charge in [0.2, 0.25) is 5.91 Å². The Kier molecular flexibility index (Phi) is 4.39. The maximum absolute atomic E-state index is 12.3. The van der Waals surface area contributed by atoms with Crippen molar-refractivity contribution in [3.63, 3.8) is 0 Å². The Morgan fingerprint density at radius 2 is 2.14 bits per heavy atom. The van der Waals surface area contributed by atoms with Gasteiger partial charge < -0.3 is 15.1 Å². The van der Waals surface area contributed by atoms with Crippen LogP contribution in [-0.2, 0) is 18.3 Å². The van der Waals surface area contributed by atoms with E-state index in [-0.39, 0.29) is 12.5 Å². The molecule has 6 heteroatoms. The van der Waals surface area contributed by atoms with Crippen LogP contribution in [0.4, 0.5) is 0 Å². The van der Waals surface area contributed by atoms with E-state index in [2.05, 4.69) is 5.10 Å². The zero-order valence-corrected chi connectivity index (χ0v) is 13.3. The van der Waals surface area contributed by atoms with Crippen molar-refractivity contribution in [3.05, 3.63) is 17.0 Å². The first-order chi connectivity index (χ1) is 9.72. The van der Waals surface area contributed by atoms with Crippen LogP contribution < -0.4 is 0 Å². The summed E-state index contributed by atoms with van der Waals surface area (Å²) in [4.78, 5) is 13.9. The average Bonchev–Trinajstić information content (AvgIpc) is 2.64. The number of rotatable bonds is 3. The molecule has 2 rings (SSSR count).